The fourth-order valence-electron chi connectivity index (χ4n) is 1.95. The van der Waals surface area contributed by atoms with Crippen LogP contribution in [0.4, 0.5) is 0 Å². The molecule has 0 bridgehead atoms. The zero-order valence-corrected chi connectivity index (χ0v) is 9.98. The maximum atomic E-state index is 10.7. The normalized spacial score (nSPS) is 10.7. The zero-order valence-electron chi connectivity index (χ0n) is 9.98. The molecule has 5 heteroatoms. The smallest absolute Gasteiger partial charge is 0.113 e. The Morgan fingerprint density at radius 3 is 2.58 bits per heavy atom. The molecule has 0 saturated heterocycles. The van der Waals surface area contributed by atoms with Crippen molar-refractivity contribution in [2.75, 3.05) is 0 Å². The van der Waals surface area contributed by atoms with Gasteiger partial charge >= 0.3 is 0 Å². The molecule has 0 amide bonds. The number of carboxylic acids is 1. The van der Waals surface area contributed by atoms with Gasteiger partial charge in [0.2, 0.25) is 0 Å². The Kier molecular flexibility index (Phi) is 2.72. The number of nitrogens with zero attached hydrogens (tertiary/aromatic N) is 3. The van der Waals surface area contributed by atoms with Gasteiger partial charge < -0.3 is 9.90 Å². The van der Waals surface area contributed by atoms with Crippen molar-refractivity contribution >= 4 is 17.0 Å². The number of hydrogen-bond donors (Lipinski definition) is 0. The molecule has 3 aromatic rings. The molecule has 19 heavy (non-hydrogen) atoms. The van der Waals surface area contributed by atoms with Crippen molar-refractivity contribution in [2.24, 2.45) is 0 Å². The predicted octanol–water partition coefficient (Wildman–Crippen LogP) is 0.843. The second kappa shape index (κ2) is 4.53. The van der Waals surface area contributed by atoms with E-state index in [-0.39, 0.29) is 5.56 Å². The topological polar surface area (TPSA) is 70.8 Å². The molecule has 0 fully saturated rings. The highest BCUT2D eigenvalue weighted by Gasteiger charge is 2.04. The molecule has 0 atom stereocenters. The summed E-state index contributed by atoms with van der Waals surface area (Å²) in [6.45, 7) is 0.549. The lowest BCUT2D eigenvalue weighted by atomic mass is 10.1. The van der Waals surface area contributed by atoms with Gasteiger partial charge in [0.05, 0.1) is 18.0 Å². The summed E-state index contributed by atoms with van der Waals surface area (Å²) in [6, 6.07) is 14.3. The quantitative estimate of drug-likeness (QED) is 0.692. The highest BCUT2D eigenvalue weighted by molar-refractivity contribution is 5.85. The minimum Gasteiger partial charge on any atom is -0.545 e. The van der Waals surface area contributed by atoms with Crippen LogP contribution in [0.2, 0.25) is 0 Å². The summed E-state index contributed by atoms with van der Waals surface area (Å²) in [6.07, 6.45) is 0. The van der Waals surface area contributed by atoms with Crippen LogP contribution in [0.3, 0.4) is 0 Å². The monoisotopic (exact) mass is 252 g/mol. The lowest BCUT2D eigenvalue weighted by Crippen LogP contribution is -2.22. The summed E-state index contributed by atoms with van der Waals surface area (Å²) >= 11 is 0. The van der Waals surface area contributed by atoms with Gasteiger partial charge in [-0.15, -0.1) is 5.10 Å². The highest BCUT2D eigenvalue weighted by Crippen LogP contribution is 2.12. The minimum absolute atomic E-state index is 0.173. The van der Waals surface area contributed by atoms with Crippen molar-refractivity contribution in [1.82, 2.24) is 15.0 Å². The number of para-hydroxylation sites is 1. The molecular formula is C14H10N3O2-. The number of carbonyl (C=O) groups is 1. The molecule has 3 rings (SSSR count). The van der Waals surface area contributed by atoms with E-state index < -0.39 is 5.97 Å². The molecule has 0 N–H and O–H groups in total. The lowest BCUT2D eigenvalue weighted by Gasteiger charge is -2.05. The van der Waals surface area contributed by atoms with E-state index >= 15 is 0 Å². The second-order valence-electron chi connectivity index (χ2n) is 4.22. The van der Waals surface area contributed by atoms with E-state index in [1.54, 1.807) is 16.8 Å². The van der Waals surface area contributed by atoms with Crippen LogP contribution in [0.15, 0.2) is 48.5 Å². The third-order valence-electron chi connectivity index (χ3n) is 2.94. The Morgan fingerprint density at radius 1 is 1.11 bits per heavy atom. The van der Waals surface area contributed by atoms with Gasteiger partial charge in [0.1, 0.15) is 5.52 Å². The third kappa shape index (κ3) is 2.18. The first-order valence-electron chi connectivity index (χ1n) is 5.82. The van der Waals surface area contributed by atoms with Gasteiger partial charge in [0, 0.05) is 0 Å². The molecule has 0 aliphatic rings. The van der Waals surface area contributed by atoms with Crippen LogP contribution < -0.4 is 5.11 Å². The molecule has 0 unspecified atom stereocenters. The number of aromatic nitrogens is 3. The zero-order chi connectivity index (χ0) is 13.2. The van der Waals surface area contributed by atoms with Crippen LogP contribution in [0.5, 0.6) is 0 Å². The molecule has 0 saturated carbocycles. The van der Waals surface area contributed by atoms with E-state index in [0.717, 1.165) is 16.6 Å². The average molecular weight is 252 g/mol. The molecule has 1 aromatic heterocycles. The Morgan fingerprint density at radius 2 is 1.84 bits per heavy atom. The summed E-state index contributed by atoms with van der Waals surface area (Å²) in [5.41, 5.74) is 2.92. The number of rotatable bonds is 3. The fraction of sp³-hybridized carbons (Fsp3) is 0.0714. The molecular weight excluding hydrogens is 242 g/mol. The van der Waals surface area contributed by atoms with Crippen LogP contribution in [0, 0.1) is 0 Å². The number of carbonyl (C=O) groups excluding carboxylic acids is 1. The Balaban J connectivity index is 1.90. The Hall–Kier alpha value is -2.69. The van der Waals surface area contributed by atoms with Crippen molar-refractivity contribution in [2.45, 2.75) is 6.54 Å². The summed E-state index contributed by atoms with van der Waals surface area (Å²) in [4.78, 5) is 10.7. The highest BCUT2D eigenvalue weighted by atomic mass is 16.4. The standard InChI is InChI=1S/C14H11N3O2/c18-14(19)11-7-5-10(6-8-11)9-17-13-4-2-1-3-12(13)15-16-17/h1-8H,9H2,(H,18,19)/p-1. The van der Waals surface area contributed by atoms with Crippen molar-refractivity contribution in [3.8, 4) is 0 Å². The van der Waals surface area contributed by atoms with Crippen LogP contribution in [-0.4, -0.2) is 21.0 Å². The van der Waals surface area contributed by atoms with Crippen LogP contribution >= 0.6 is 0 Å². The van der Waals surface area contributed by atoms with E-state index in [1.165, 1.54) is 12.1 Å². The molecule has 0 spiro atoms. The van der Waals surface area contributed by atoms with E-state index in [2.05, 4.69) is 10.3 Å². The molecule has 2 aromatic carbocycles. The second-order valence-corrected chi connectivity index (χ2v) is 4.22. The van der Waals surface area contributed by atoms with E-state index in [4.69, 9.17) is 0 Å². The SMILES string of the molecule is O=C([O-])c1ccc(Cn2nnc3ccccc32)cc1. The van der Waals surface area contributed by atoms with Gasteiger partial charge in [-0.1, -0.05) is 41.6 Å². The first-order valence-corrected chi connectivity index (χ1v) is 5.82. The van der Waals surface area contributed by atoms with Crippen molar-refractivity contribution in [3.05, 3.63) is 59.7 Å². The molecule has 5 nitrogen and oxygen atoms in total. The summed E-state index contributed by atoms with van der Waals surface area (Å²) < 4.78 is 1.78. The van der Waals surface area contributed by atoms with Crippen molar-refractivity contribution < 1.29 is 9.90 Å². The Labute approximate surface area is 109 Å². The fourth-order valence-corrected chi connectivity index (χ4v) is 1.95. The largest absolute Gasteiger partial charge is 0.545 e. The first-order chi connectivity index (χ1) is 9.24. The first kappa shape index (κ1) is 11.4. The van der Waals surface area contributed by atoms with Crippen molar-refractivity contribution in [3.63, 3.8) is 0 Å². The van der Waals surface area contributed by atoms with Gasteiger partial charge in [-0.05, 0) is 23.3 Å². The molecule has 0 aliphatic heterocycles. The van der Waals surface area contributed by atoms with E-state index in [9.17, 15) is 9.90 Å². The Bertz CT molecular complexity index is 732. The summed E-state index contributed by atoms with van der Waals surface area (Å²) in [5.74, 6) is -1.17. The molecule has 0 radical (unpaired) electrons. The van der Waals surface area contributed by atoms with Gasteiger partial charge in [-0.25, -0.2) is 4.68 Å². The van der Waals surface area contributed by atoms with Crippen molar-refractivity contribution in [1.29, 1.82) is 0 Å². The summed E-state index contributed by atoms with van der Waals surface area (Å²) in [5, 5.41) is 18.8. The number of carboxylic acid groups (broad SMARTS) is 1. The molecule has 0 aliphatic carbocycles. The van der Waals surface area contributed by atoms with Gasteiger partial charge in [-0.3, -0.25) is 0 Å². The predicted molar refractivity (Wildman–Crippen MR) is 67.4 cm³/mol. The number of aromatic carboxylic acids is 1. The maximum absolute atomic E-state index is 10.7. The van der Waals surface area contributed by atoms with Crippen LogP contribution in [0.25, 0.3) is 11.0 Å². The maximum Gasteiger partial charge on any atom is 0.113 e. The third-order valence-corrected chi connectivity index (χ3v) is 2.94. The van der Waals surface area contributed by atoms with Gasteiger partial charge in [0.15, 0.2) is 0 Å². The average Bonchev–Trinajstić information content (AvgIpc) is 2.83. The van der Waals surface area contributed by atoms with Gasteiger partial charge in [0.25, 0.3) is 0 Å². The van der Waals surface area contributed by atoms with Gasteiger partial charge in [-0.2, -0.15) is 0 Å². The summed E-state index contributed by atoms with van der Waals surface area (Å²) in [7, 11) is 0. The van der Waals surface area contributed by atoms with Crippen LogP contribution in [0.1, 0.15) is 15.9 Å². The van der Waals surface area contributed by atoms with Crippen LogP contribution in [-0.2, 0) is 6.54 Å². The number of hydrogen-bond acceptors (Lipinski definition) is 4. The number of fused-ring (bicyclic) bond motifs is 1. The molecule has 94 valence electrons. The van der Waals surface area contributed by atoms with E-state index in [1.807, 2.05) is 24.3 Å². The van der Waals surface area contributed by atoms with E-state index in [0.29, 0.717) is 6.54 Å². The number of benzene rings is 2. The molecule has 1 heterocycles. The minimum atomic E-state index is -1.17. The lowest BCUT2D eigenvalue weighted by molar-refractivity contribution is -0.255.